The number of carbonyl (C=O) groups is 1. The van der Waals surface area contributed by atoms with E-state index in [2.05, 4.69) is 10.2 Å². The lowest BCUT2D eigenvalue weighted by Crippen LogP contribution is -2.48. The molecule has 1 aliphatic heterocycles. The standard InChI is InChI=1S/C22H31N3O2/c1-24(16-20-14-18-8-4-5-9-21(18)27-20)22(26)23-19-10-12-25(13-11-19)15-17-6-2-3-7-17/h4-5,8-9,14,17,19H,2-3,6-7,10-13,15-16H2,1H3,(H,23,26). The number of rotatable bonds is 5. The summed E-state index contributed by atoms with van der Waals surface area (Å²) in [6.07, 6.45) is 7.74. The van der Waals surface area contributed by atoms with E-state index < -0.39 is 0 Å². The predicted molar refractivity (Wildman–Crippen MR) is 108 cm³/mol. The SMILES string of the molecule is CN(Cc1cc2ccccc2o1)C(=O)NC1CCN(CC2CCCC2)CC1. The zero-order valence-electron chi connectivity index (χ0n) is 16.3. The molecule has 1 saturated heterocycles. The van der Waals surface area contributed by atoms with Crippen molar-refractivity contribution in [2.75, 3.05) is 26.7 Å². The Labute approximate surface area is 161 Å². The number of nitrogens with zero attached hydrogens (tertiary/aromatic N) is 2. The molecule has 0 spiro atoms. The van der Waals surface area contributed by atoms with Gasteiger partial charge in [-0.3, -0.25) is 0 Å². The molecule has 0 radical (unpaired) electrons. The molecule has 0 unspecified atom stereocenters. The highest BCUT2D eigenvalue weighted by atomic mass is 16.3. The largest absolute Gasteiger partial charge is 0.459 e. The monoisotopic (exact) mass is 369 g/mol. The van der Waals surface area contributed by atoms with Crippen LogP contribution in [0.4, 0.5) is 4.79 Å². The first-order valence-corrected chi connectivity index (χ1v) is 10.4. The number of nitrogens with one attached hydrogen (secondary N) is 1. The van der Waals surface area contributed by atoms with Gasteiger partial charge in [-0.25, -0.2) is 4.79 Å². The Morgan fingerprint density at radius 2 is 1.93 bits per heavy atom. The van der Waals surface area contributed by atoms with Gasteiger partial charge in [-0.2, -0.15) is 0 Å². The van der Waals surface area contributed by atoms with Gasteiger partial charge in [0.05, 0.1) is 6.54 Å². The molecular weight excluding hydrogens is 338 g/mol. The first kappa shape index (κ1) is 18.4. The molecule has 1 aromatic carbocycles. The maximum atomic E-state index is 12.6. The van der Waals surface area contributed by atoms with Crippen molar-refractivity contribution < 1.29 is 9.21 Å². The van der Waals surface area contributed by atoms with E-state index in [9.17, 15) is 4.79 Å². The molecule has 2 fully saturated rings. The summed E-state index contributed by atoms with van der Waals surface area (Å²) in [5.41, 5.74) is 0.871. The highest BCUT2D eigenvalue weighted by molar-refractivity contribution is 5.78. The number of fused-ring (bicyclic) bond motifs is 1. The van der Waals surface area contributed by atoms with Crippen molar-refractivity contribution >= 4 is 17.0 Å². The van der Waals surface area contributed by atoms with Crippen LogP contribution in [0.2, 0.25) is 0 Å². The molecule has 5 nitrogen and oxygen atoms in total. The van der Waals surface area contributed by atoms with Crippen LogP contribution in [0.5, 0.6) is 0 Å². The molecule has 1 N–H and O–H groups in total. The van der Waals surface area contributed by atoms with Crippen molar-refractivity contribution in [3.63, 3.8) is 0 Å². The van der Waals surface area contributed by atoms with Gasteiger partial charge in [0.1, 0.15) is 11.3 Å². The topological polar surface area (TPSA) is 48.7 Å². The van der Waals surface area contributed by atoms with Gasteiger partial charge in [0.25, 0.3) is 0 Å². The fraction of sp³-hybridized carbons (Fsp3) is 0.591. The smallest absolute Gasteiger partial charge is 0.317 e. The minimum atomic E-state index is -0.00954. The van der Waals surface area contributed by atoms with Crippen LogP contribution in [0.25, 0.3) is 11.0 Å². The number of urea groups is 1. The number of benzene rings is 1. The number of hydrogen-bond acceptors (Lipinski definition) is 3. The number of likely N-dealkylation sites (tertiary alicyclic amines) is 1. The highest BCUT2D eigenvalue weighted by Crippen LogP contribution is 2.26. The first-order valence-electron chi connectivity index (χ1n) is 10.4. The molecule has 5 heteroatoms. The fourth-order valence-electron chi connectivity index (χ4n) is 4.52. The molecule has 2 amide bonds. The first-order chi connectivity index (χ1) is 13.2. The fourth-order valence-corrected chi connectivity index (χ4v) is 4.52. The van der Waals surface area contributed by atoms with Gasteiger partial charge in [-0.15, -0.1) is 0 Å². The summed E-state index contributed by atoms with van der Waals surface area (Å²) in [5.74, 6) is 1.73. The van der Waals surface area contributed by atoms with Gasteiger partial charge in [-0.1, -0.05) is 31.0 Å². The van der Waals surface area contributed by atoms with Crippen LogP contribution in [0.15, 0.2) is 34.7 Å². The van der Waals surface area contributed by atoms with Crippen molar-refractivity contribution in [3.05, 3.63) is 36.1 Å². The Morgan fingerprint density at radius 1 is 1.19 bits per heavy atom. The molecule has 2 aliphatic rings. The van der Waals surface area contributed by atoms with E-state index in [1.54, 1.807) is 4.90 Å². The third-order valence-corrected chi connectivity index (χ3v) is 6.12. The van der Waals surface area contributed by atoms with Gasteiger partial charge < -0.3 is 19.5 Å². The Bertz CT molecular complexity index is 725. The van der Waals surface area contributed by atoms with Crippen LogP contribution in [0.1, 0.15) is 44.3 Å². The molecule has 0 atom stereocenters. The van der Waals surface area contributed by atoms with Gasteiger partial charge in [0.2, 0.25) is 0 Å². The molecule has 1 aromatic heterocycles. The second kappa shape index (κ2) is 8.34. The molecular formula is C22H31N3O2. The van der Waals surface area contributed by atoms with E-state index in [0.717, 1.165) is 48.6 Å². The molecule has 27 heavy (non-hydrogen) atoms. The quantitative estimate of drug-likeness (QED) is 0.858. The Balaban J connectivity index is 1.22. The van der Waals surface area contributed by atoms with E-state index >= 15 is 0 Å². The number of piperidine rings is 1. The van der Waals surface area contributed by atoms with Crippen LogP contribution in [0.3, 0.4) is 0 Å². The molecule has 2 aromatic rings. The third kappa shape index (κ3) is 4.64. The zero-order chi connectivity index (χ0) is 18.6. The van der Waals surface area contributed by atoms with Crippen LogP contribution < -0.4 is 5.32 Å². The summed E-state index contributed by atoms with van der Waals surface area (Å²) >= 11 is 0. The van der Waals surface area contributed by atoms with Crippen LogP contribution in [-0.2, 0) is 6.54 Å². The van der Waals surface area contributed by atoms with E-state index in [4.69, 9.17) is 4.42 Å². The minimum absolute atomic E-state index is 0.00954. The van der Waals surface area contributed by atoms with Gasteiger partial charge in [0.15, 0.2) is 0 Å². The number of para-hydroxylation sites is 1. The van der Waals surface area contributed by atoms with Crippen molar-refractivity contribution in [1.29, 1.82) is 0 Å². The minimum Gasteiger partial charge on any atom is -0.459 e. The maximum absolute atomic E-state index is 12.6. The van der Waals surface area contributed by atoms with Crippen LogP contribution in [0, 0.1) is 5.92 Å². The average molecular weight is 370 g/mol. The molecule has 4 rings (SSSR count). The lowest BCUT2D eigenvalue weighted by atomic mass is 10.0. The van der Waals surface area contributed by atoms with Crippen LogP contribution >= 0.6 is 0 Å². The molecule has 0 bridgehead atoms. The molecule has 1 saturated carbocycles. The summed E-state index contributed by atoms with van der Waals surface area (Å²) in [7, 11) is 1.83. The summed E-state index contributed by atoms with van der Waals surface area (Å²) < 4.78 is 5.83. The number of hydrogen-bond donors (Lipinski definition) is 1. The van der Waals surface area contributed by atoms with Gasteiger partial charge >= 0.3 is 6.03 Å². The predicted octanol–water partition coefficient (Wildman–Crippen LogP) is 4.23. The number of amides is 2. The summed E-state index contributed by atoms with van der Waals surface area (Å²) in [4.78, 5) is 16.9. The summed E-state index contributed by atoms with van der Waals surface area (Å²) in [5, 5.41) is 4.29. The van der Waals surface area contributed by atoms with E-state index in [-0.39, 0.29) is 12.1 Å². The van der Waals surface area contributed by atoms with Crippen LogP contribution in [-0.4, -0.2) is 48.6 Å². The van der Waals surface area contributed by atoms with Crippen molar-refractivity contribution in [2.24, 2.45) is 5.92 Å². The van der Waals surface area contributed by atoms with Crippen molar-refractivity contribution in [1.82, 2.24) is 15.1 Å². The Kier molecular flexibility index (Phi) is 5.67. The lowest BCUT2D eigenvalue weighted by Gasteiger charge is -2.34. The molecule has 1 aliphatic carbocycles. The normalized spacial score (nSPS) is 19.6. The average Bonchev–Trinajstić information content (AvgIpc) is 3.32. The molecule has 2 heterocycles. The summed E-state index contributed by atoms with van der Waals surface area (Å²) in [6, 6.07) is 10.2. The van der Waals surface area contributed by atoms with Gasteiger partial charge in [0, 0.05) is 38.1 Å². The Morgan fingerprint density at radius 3 is 2.67 bits per heavy atom. The zero-order valence-corrected chi connectivity index (χ0v) is 16.3. The van der Waals surface area contributed by atoms with Crippen molar-refractivity contribution in [2.45, 2.75) is 51.1 Å². The van der Waals surface area contributed by atoms with E-state index in [1.165, 1.54) is 32.2 Å². The Hall–Kier alpha value is -2.01. The van der Waals surface area contributed by atoms with Gasteiger partial charge in [-0.05, 0) is 43.7 Å². The second-order valence-corrected chi connectivity index (χ2v) is 8.28. The third-order valence-electron chi connectivity index (χ3n) is 6.12. The lowest BCUT2D eigenvalue weighted by molar-refractivity contribution is 0.162. The van der Waals surface area contributed by atoms with Crippen molar-refractivity contribution in [3.8, 4) is 0 Å². The second-order valence-electron chi connectivity index (χ2n) is 8.28. The molecule has 146 valence electrons. The van der Waals surface area contributed by atoms with E-state index in [1.807, 2.05) is 37.4 Å². The number of furan rings is 1. The maximum Gasteiger partial charge on any atom is 0.317 e. The highest BCUT2D eigenvalue weighted by Gasteiger charge is 2.25. The van der Waals surface area contributed by atoms with E-state index in [0.29, 0.717) is 6.54 Å². The summed E-state index contributed by atoms with van der Waals surface area (Å²) in [6.45, 7) is 3.96. The number of carbonyl (C=O) groups excluding carboxylic acids is 1.